The average molecular weight is 305 g/mol. The van der Waals surface area contributed by atoms with E-state index in [0.29, 0.717) is 0 Å². The van der Waals surface area contributed by atoms with Gasteiger partial charge in [0.1, 0.15) is 0 Å². The van der Waals surface area contributed by atoms with Gasteiger partial charge in [0.25, 0.3) is 0 Å². The molecule has 0 spiro atoms. The lowest BCUT2D eigenvalue weighted by molar-refractivity contribution is 0.264. The highest BCUT2D eigenvalue weighted by Crippen LogP contribution is 2.24. The summed E-state index contributed by atoms with van der Waals surface area (Å²) in [4.78, 5) is 0. The zero-order valence-electron chi connectivity index (χ0n) is 10.4. The number of hydrogen-bond donors (Lipinski definition) is 1. The van der Waals surface area contributed by atoms with Gasteiger partial charge in [-0.25, -0.2) is 0 Å². The van der Waals surface area contributed by atoms with Crippen LogP contribution in [0, 0.1) is 6.92 Å². The highest BCUT2D eigenvalue weighted by atomic mass is 79.9. The molecule has 2 heteroatoms. The van der Waals surface area contributed by atoms with Crippen LogP contribution in [-0.4, -0.2) is 11.7 Å². The van der Waals surface area contributed by atoms with Crippen LogP contribution in [0.15, 0.2) is 53.0 Å². The second-order valence-electron chi connectivity index (χ2n) is 4.57. The van der Waals surface area contributed by atoms with Crippen molar-refractivity contribution < 1.29 is 5.11 Å². The molecule has 0 amide bonds. The number of aliphatic hydroxyl groups is 1. The summed E-state index contributed by atoms with van der Waals surface area (Å²) in [5.74, 6) is 0.156. The fraction of sp³-hybridized carbons (Fsp3) is 0.250. The first-order valence-corrected chi connectivity index (χ1v) is 6.91. The smallest absolute Gasteiger partial charge is 0.0502 e. The Kier molecular flexibility index (Phi) is 4.56. The molecular weight excluding hydrogens is 288 g/mol. The Morgan fingerprint density at radius 2 is 1.89 bits per heavy atom. The molecule has 0 aliphatic carbocycles. The molecule has 1 N–H and O–H groups in total. The zero-order valence-corrected chi connectivity index (χ0v) is 12.0. The summed E-state index contributed by atoms with van der Waals surface area (Å²) in [6, 6.07) is 16.5. The molecule has 0 bridgehead atoms. The number of halogens is 1. The second-order valence-corrected chi connectivity index (χ2v) is 5.48. The quantitative estimate of drug-likeness (QED) is 0.902. The Morgan fingerprint density at radius 3 is 2.56 bits per heavy atom. The van der Waals surface area contributed by atoms with Crippen molar-refractivity contribution in [3.8, 4) is 0 Å². The van der Waals surface area contributed by atoms with Gasteiger partial charge in [-0.15, -0.1) is 0 Å². The first kappa shape index (κ1) is 13.3. The van der Waals surface area contributed by atoms with Crippen LogP contribution in [0.2, 0.25) is 0 Å². The molecule has 0 aliphatic rings. The van der Waals surface area contributed by atoms with Crippen molar-refractivity contribution in [3.05, 3.63) is 69.7 Å². The van der Waals surface area contributed by atoms with Crippen LogP contribution < -0.4 is 0 Å². The minimum absolute atomic E-state index is 0.156. The molecule has 0 saturated carbocycles. The van der Waals surface area contributed by atoms with Gasteiger partial charge in [-0.1, -0.05) is 52.3 Å². The SMILES string of the molecule is Cc1ccccc1CC(CO)c1cccc(Br)c1. The Hall–Kier alpha value is -1.12. The molecule has 0 radical (unpaired) electrons. The minimum Gasteiger partial charge on any atom is -0.396 e. The summed E-state index contributed by atoms with van der Waals surface area (Å²) < 4.78 is 1.06. The standard InChI is InChI=1S/C16H17BrO/c1-12-5-2-3-6-13(12)9-15(11-18)14-7-4-8-16(17)10-14/h2-8,10,15,18H,9,11H2,1H3. The van der Waals surface area contributed by atoms with E-state index in [9.17, 15) is 5.11 Å². The lowest BCUT2D eigenvalue weighted by Gasteiger charge is -2.16. The van der Waals surface area contributed by atoms with E-state index in [2.05, 4.69) is 53.2 Å². The number of rotatable bonds is 4. The predicted molar refractivity (Wildman–Crippen MR) is 78.9 cm³/mol. The first-order valence-electron chi connectivity index (χ1n) is 6.11. The van der Waals surface area contributed by atoms with Crippen molar-refractivity contribution in [1.29, 1.82) is 0 Å². The van der Waals surface area contributed by atoms with Crippen molar-refractivity contribution >= 4 is 15.9 Å². The normalized spacial score (nSPS) is 12.4. The highest BCUT2D eigenvalue weighted by Gasteiger charge is 2.12. The van der Waals surface area contributed by atoms with Gasteiger partial charge in [0.05, 0.1) is 6.61 Å². The van der Waals surface area contributed by atoms with Gasteiger partial charge in [-0.2, -0.15) is 0 Å². The van der Waals surface area contributed by atoms with Crippen LogP contribution in [0.4, 0.5) is 0 Å². The summed E-state index contributed by atoms with van der Waals surface area (Å²) in [5, 5.41) is 9.61. The first-order chi connectivity index (χ1) is 8.70. The van der Waals surface area contributed by atoms with E-state index < -0.39 is 0 Å². The Bertz CT molecular complexity index is 522. The second kappa shape index (κ2) is 6.17. The Labute approximate surface area is 117 Å². The fourth-order valence-corrected chi connectivity index (χ4v) is 2.57. The number of benzene rings is 2. The molecule has 1 atom stereocenters. The van der Waals surface area contributed by atoms with E-state index in [1.807, 2.05) is 18.2 Å². The van der Waals surface area contributed by atoms with E-state index >= 15 is 0 Å². The topological polar surface area (TPSA) is 20.2 Å². The maximum atomic E-state index is 9.61. The van der Waals surface area contributed by atoms with Gasteiger partial charge in [-0.05, 0) is 42.2 Å². The molecule has 18 heavy (non-hydrogen) atoms. The average Bonchev–Trinajstić information content (AvgIpc) is 2.38. The van der Waals surface area contributed by atoms with Crippen LogP contribution in [0.5, 0.6) is 0 Å². The fourth-order valence-electron chi connectivity index (χ4n) is 2.15. The summed E-state index contributed by atoms with van der Waals surface area (Å²) in [6.45, 7) is 2.29. The van der Waals surface area contributed by atoms with E-state index in [1.165, 1.54) is 16.7 Å². The van der Waals surface area contributed by atoms with Gasteiger partial charge in [0.15, 0.2) is 0 Å². The van der Waals surface area contributed by atoms with E-state index in [0.717, 1.165) is 10.9 Å². The van der Waals surface area contributed by atoms with Crippen molar-refractivity contribution in [2.45, 2.75) is 19.3 Å². The van der Waals surface area contributed by atoms with Crippen LogP contribution in [0.3, 0.4) is 0 Å². The summed E-state index contributed by atoms with van der Waals surface area (Å²) >= 11 is 3.48. The van der Waals surface area contributed by atoms with Crippen LogP contribution >= 0.6 is 15.9 Å². The van der Waals surface area contributed by atoms with E-state index in [-0.39, 0.29) is 12.5 Å². The van der Waals surface area contributed by atoms with Gasteiger partial charge in [0, 0.05) is 10.4 Å². The monoisotopic (exact) mass is 304 g/mol. The molecule has 2 aromatic rings. The molecule has 0 fully saturated rings. The summed E-state index contributed by atoms with van der Waals surface area (Å²) in [6.07, 6.45) is 0.875. The van der Waals surface area contributed by atoms with Gasteiger partial charge in [-0.3, -0.25) is 0 Å². The van der Waals surface area contributed by atoms with Crippen LogP contribution in [0.25, 0.3) is 0 Å². The summed E-state index contributed by atoms with van der Waals surface area (Å²) in [7, 11) is 0. The van der Waals surface area contributed by atoms with Crippen LogP contribution in [0.1, 0.15) is 22.6 Å². The number of hydrogen-bond acceptors (Lipinski definition) is 1. The molecule has 0 saturated heterocycles. The molecule has 1 unspecified atom stereocenters. The maximum absolute atomic E-state index is 9.61. The molecule has 2 rings (SSSR count). The molecular formula is C16H17BrO. The summed E-state index contributed by atoms with van der Waals surface area (Å²) in [5.41, 5.74) is 3.76. The molecule has 94 valence electrons. The lowest BCUT2D eigenvalue weighted by atomic mass is 9.91. The largest absolute Gasteiger partial charge is 0.396 e. The lowest BCUT2D eigenvalue weighted by Crippen LogP contribution is -2.08. The molecule has 0 heterocycles. The third kappa shape index (κ3) is 3.21. The van der Waals surface area contributed by atoms with E-state index in [1.54, 1.807) is 0 Å². The van der Waals surface area contributed by atoms with Gasteiger partial charge in [0.2, 0.25) is 0 Å². The van der Waals surface area contributed by atoms with Crippen molar-refractivity contribution in [3.63, 3.8) is 0 Å². The third-order valence-corrected chi connectivity index (χ3v) is 3.76. The van der Waals surface area contributed by atoms with Crippen molar-refractivity contribution in [2.24, 2.45) is 0 Å². The number of aryl methyl sites for hydroxylation is 1. The Morgan fingerprint density at radius 1 is 1.11 bits per heavy atom. The van der Waals surface area contributed by atoms with E-state index in [4.69, 9.17) is 0 Å². The minimum atomic E-state index is 0.156. The van der Waals surface area contributed by atoms with Gasteiger partial charge < -0.3 is 5.11 Å². The third-order valence-electron chi connectivity index (χ3n) is 3.27. The zero-order chi connectivity index (χ0) is 13.0. The molecule has 2 aromatic carbocycles. The van der Waals surface area contributed by atoms with Crippen LogP contribution in [-0.2, 0) is 6.42 Å². The maximum Gasteiger partial charge on any atom is 0.0502 e. The highest BCUT2D eigenvalue weighted by molar-refractivity contribution is 9.10. The molecule has 0 aromatic heterocycles. The molecule has 0 aliphatic heterocycles. The van der Waals surface area contributed by atoms with Gasteiger partial charge >= 0.3 is 0 Å². The predicted octanol–water partition coefficient (Wildman–Crippen LogP) is 4.08. The van der Waals surface area contributed by atoms with Crippen molar-refractivity contribution in [2.75, 3.05) is 6.61 Å². The van der Waals surface area contributed by atoms with Crippen molar-refractivity contribution in [1.82, 2.24) is 0 Å². The number of aliphatic hydroxyl groups excluding tert-OH is 1. The molecule has 1 nitrogen and oxygen atoms in total. The Balaban J connectivity index is 2.23.